The average Bonchev–Trinajstić information content (AvgIpc) is 2.88. The minimum absolute atomic E-state index is 0.219. The van der Waals surface area contributed by atoms with Gasteiger partial charge in [-0.3, -0.25) is 9.59 Å². The molecule has 0 heterocycles. The molecular weight excluding hydrogens is 494 g/mol. The van der Waals surface area contributed by atoms with Crippen molar-refractivity contribution in [2.45, 2.75) is 13.8 Å². The lowest BCUT2D eigenvalue weighted by Crippen LogP contribution is -2.20. The van der Waals surface area contributed by atoms with Crippen molar-refractivity contribution in [2.24, 2.45) is 0 Å². The molecule has 9 heteroatoms. The Hall–Kier alpha value is -4.61. The van der Waals surface area contributed by atoms with Gasteiger partial charge in [0.2, 0.25) is 0 Å². The third-order valence-corrected chi connectivity index (χ3v) is 5.59. The zero-order valence-electron chi connectivity index (χ0n) is 20.4. The molecule has 0 saturated heterocycles. The first kappa shape index (κ1) is 27.0. The number of aryl methyl sites for hydroxylation is 2. The number of nitrogens with zero attached hydrogens (tertiary/aromatic N) is 1. The average molecular weight is 518 g/mol. The predicted octanol–water partition coefficient (Wildman–Crippen LogP) is 5.31. The molecular formula is C28H24ClN3O5. The fourth-order valence-electron chi connectivity index (χ4n) is 3.23. The summed E-state index contributed by atoms with van der Waals surface area (Å²) in [5.74, 6) is -1.29. The first-order valence-electron chi connectivity index (χ1n) is 11.1. The molecule has 0 atom stereocenters. The van der Waals surface area contributed by atoms with Crippen molar-refractivity contribution >= 4 is 46.8 Å². The number of carbonyl (C=O) groups excluding carboxylic acids is 3. The van der Waals surface area contributed by atoms with Gasteiger partial charge < -0.3 is 20.1 Å². The number of amides is 2. The molecule has 0 spiro atoms. The van der Waals surface area contributed by atoms with Gasteiger partial charge in [-0.1, -0.05) is 17.7 Å². The van der Waals surface area contributed by atoms with Crippen LogP contribution in [0.1, 0.15) is 27.0 Å². The maximum absolute atomic E-state index is 12.7. The summed E-state index contributed by atoms with van der Waals surface area (Å²) in [6.45, 7) is 3.64. The zero-order valence-corrected chi connectivity index (χ0v) is 21.2. The van der Waals surface area contributed by atoms with Crippen LogP contribution in [0.2, 0.25) is 5.02 Å². The summed E-state index contributed by atoms with van der Waals surface area (Å²) in [6, 6.07) is 18.1. The topological polar surface area (TPSA) is 118 Å². The van der Waals surface area contributed by atoms with Gasteiger partial charge in [-0.2, -0.15) is 5.26 Å². The maximum atomic E-state index is 12.7. The Bertz CT molecular complexity index is 1410. The molecule has 3 aromatic rings. The Morgan fingerprint density at radius 2 is 1.65 bits per heavy atom. The van der Waals surface area contributed by atoms with E-state index in [9.17, 15) is 19.6 Å². The smallest absolute Gasteiger partial charge is 0.337 e. The van der Waals surface area contributed by atoms with Gasteiger partial charge in [-0.05, 0) is 85.6 Å². The minimum Gasteiger partial charge on any atom is -0.483 e. The lowest BCUT2D eigenvalue weighted by atomic mass is 10.1. The van der Waals surface area contributed by atoms with Gasteiger partial charge in [0.25, 0.3) is 11.8 Å². The number of methoxy groups -OCH3 is 1. The molecule has 3 rings (SSSR count). The summed E-state index contributed by atoms with van der Waals surface area (Å²) in [5.41, 5.74) is 3.63. The molecule has 0 aromatic heterocycles. The maximum Gasteiger partial charge on any atom is 0.337 e. The van der Waals surface area contributed by atoms with Crippen LogP contribution in [0.5, 0.6) is 5.75 Å². The van der Waals surface area contributed by atoms with Crippen LogP contribution in [0, 0.1) is 25.2 Å². The number of hydrogen-bond acceptors (Lipinski definition) is 6. The summed E-state index contributed by atoms with van der Waals surface area (Å²) >= 11 is 6.12. The number of nitriles is 1. The van der Waals surface area contributed by atoms with Crippen molar-refractivity contribution in [3.05, 3.63) is 93.5 Å². The number of carbonyl (C=O) groups is 3. The summed E-state index contributed by atoms with van der Waals surface area (Å²) in [5, 5.41) is 15.3. The van der Waals surface area contributed by atoms with E-state index < -0.39 is 11.9 Å². The lowest BCUT2D eigenvalue weighted by Gasteiger charge is -2.12. The van der Waals surface area contributed by atoms with Crippen LogP contribution in [0.25, 0.3) is 6.08 Å². The van der Waals surface area contributed by atoms with Gasteiger partial charge in [-0.25, -0.2) is 4.79 Å². The number of ether oxygens (including phenoxy) is 2. The second kappa shape index (κ2) is 12.4. The van der Waals surface area contributed by atoms with Gasteiger partial charge in [-0.15, -0.1) is 0 Å². The van der Waals surface area contributed by atoms with Crippen LogP contribution in [0.15, 0.2) is 66.2 Å². The number of esters is 1. The van der Waals surface area contributed by atoms with Crippen molar-refractivity contribution in [3.8, 4) is 11.8 Å². The quantitative estimate of drug-likeness (QED) is 0.237. The molecule has 0 aliphatic rings. The SMILES string of the molecule is COC(=O)c1ccc(NC(=O)/C(C#N)=C\c2cc(Cl)ccc2OCC(=O)Nc2ccc(C)c(C)c2)cc1. The second-order valence-electron chi connectivity index (χ2n) is 8.01. The number of benzene rings is 3. The summed E-state index contributed by atoms with van der Waals surface area (Å²) in [6.07, 6.45) is 1.32. The summed E-state index contributed by atoms with van der Waals surface area (Å²) < 4.78 is 10.3. The van der Waals surface area contributed by atoms with Crippen molar-refractivity contribution in [1.29, 1.82) is 5.26 Å². The fourth-order valence-corrected chi connectivity index (χ4v) is 3.41. The van der Waals surface area contributed by atoms with Gasteiger partial charge in [0.1, 0.15) is 17.4 Å². The Morgan fingerprint density at radius 1 is 0.946 bits per heavy atom. The number of anilines is 2. The molecule has 37 heavy (non-hydrogen) atoms. The van der Waals surface area contributed by atoms with Gasteiger partial charge in [0, 0.05) is 22.0 Å². The molecule has 0 aliphatic heterocycles. The van der Waals surface area contributed by atoms with E-state index in [1.165, 1.54) is 43.5 Å². The highest BCUT2D eigenvalue weighted by Crippen LogP contribution is 2.26. The zero-order chi connectivity index (χ0) is 26.9. The molecule has 0 unspecified atom stereocenters. The van der Waals surface area contributed by atoms with Crippen LogP contribution in [-0.4, -0.2) is 31.5 Å². The molecule has 0 saturated carbocycles. The molecule has 2 amide bonds. The summed E-state index contributed by atoms with van der Waals surface area (Å²) in [7, 11) is 1.27. The highest BCUT2D eigenvalue weighted by atomic mass is 35.5. The van der Waals surface area contributed by atoms with Gasteiger partial charge in [0.15, 0.2) is 6.61 Å². The molecule has 0 fully saturated rings. The highest BCUT2D eigenvalue weighted by Gasteiger charge is 2.14. The minimum atomic E-state index is -0.674. The van der Waals surface area contributed by atoms with Crippen LogP contribution in [0.4, 0.5) is 11.4 Å². The van der Waals surface area contributed by atoms with Crippen LogP contribution in [-0.2, 0) is 14.3 Å². The first-order chi connectivity index (χ1) is 17.7. The van der Waals surface area contributed by atoms with Crippen LogP contribution < -0.4 is 15.4 Å². The van der Waals surface area contributed by atoms with Crippen molar-refractivity contribution in [2.75, 3.05) is 24.4 Å². The van der Waals surface area contributed by atoms with Crippen molar-refractivity contribution < 1.29 is 23.9 Å². The number of hydrogen-bond donors (Lipinski definition) is 2. The van der Waals surface area contributed by atoms with Gasteiger partial charge >= 0.3 is 5.97 Å². The Balaban J connectivity index is 1.72. The van der Waals surface area contributed by atoms with Crippen LogP contribution in [0.3, 0.4) is 0 Å². The first-order valence-corrected chi connectivity index (χ1v) is 11.5. The van der Waals surface area contributed by atoms with E-state index in [1.807, 2.05) is 32.0 Å². The van der Waals surface area contributed by atoms with E-state index in [0.29, 0.717) is 27.5 Å². The molecule has 188 valence electrons. The van der Waals surface area contributed by atoms with Crippen molar-refractivity contribution in [1.82, 2.24) is 0 Å². The molecule has 0 bridgehead atoms. The third kappa shape index (κ3) is 7.43. The van der Waals surface area contributed by atoms with E-state index in [1.54, 1.807) is 18.2 Å². The molecule has 8 nitrogen and oxygen atoms in total. The Morgan fingerprint density at radius 3 is 2.30 bits per heavy atom. The molecule has 2 N–H and O–H groups in total. The fraction of sp³-hybridized carbons (Fsp3) is 0.143. The van der Waals surface area contributed by atoms with E-state index >= 15 is 0 Å². The predicted molar refractivity (Wildman–Crippen MR) is 141 cm³/mol. The van der Waals surface area contributed by atoms with E-state index in [-0.39, 0.29) is 23.8 Å². The van der Waals surface area contributed by atoms with Crippen LogP contribution >= 0.6 is 11.6 Å². The normalized spacial score (nSPS) is 10.7. The van der Waals surface area contributed by atoms with E-state index in [4.69, 9.17) is 16.3 Å². The Kier molecular flexibility index (Phi) is 9.03. The number of rotatable bonds is 8. The Labute approximate surface area is 219 Å². The second-order valence-corrected chi connectivity index (χ2v) is 8.45. The molecule has 0 radical (unpaired) electrons. The molecule has 0 aliphatic carbocycles. The number of halogens is 1. The molecule has 3 aromatic carbocycles. The van der Waals surface area contributed by atoms with E-state index in [0.717, 1.165) is 11.1 Å². The van der Waals surface area contributed by atoms with E-state index in [2.05, 4.69) is 15.4 Å². The largest absolute Gasteiger partial charge is 0.483 e. The van der Waals surface area contributed by atoms with Gasteiger partial charge in [0.05, 0.1) is 12.7 Å². The number of nitrogens with one attached hydrogen (secondary N) is 2. The monoisotopic (exact) mass is 517 g/mol. The third-order valence-electron chi connectivity index (χ3n) is 5.35. The lowest BCUT2D eigenvalue weighted by molar-refractivity contribution is -0.118. The standard InChI is InChI=1S/C28H24ClN3O5/c1-17-4-8-24(12-18(17)2)31-26(33)16-37-25-11-7-22(29)14-20(25)13-21(15-30)27(34)32-23-9-5-19(6-10-23)28(35)36-3/h4-14H,16H2,1-3H3,(H,31,33)(H,32,34)/b21-13-. The highest BCUT2D eigenvalue weighted by molar-refractivity contribution is 6.30. The summed E-state index contributed by atoms with van der Waals surface area (Å²) in [4.78, 5) is 36.7. The van der Waals surface area contributed by atoms with Crippen molar-refractivity contribution in [3.63, 3.8) is 0 Å².